The van der Waals surface area contributed by atoms with Gasteiger partial charge in [0.2, 0.25) is 0 Å². The standard InChI is InChI=1S/C15H23N5O4/c1-7-8(16-14(23)24-15(2,3)4)10-17-11-9(19(10)5)12(21)18-13(22)20(11)6/h8H,7H2,1-6H3,(H,16,23)(H,18,21,22). The lowest BCUT2D eigenvalue weighted by Crippen LogP contribution is -2.35. The summed E-state index contributed by atoms with van der Waals surface area (Å²) in [6.45, 7) is 7.21. The van der Waals surface area contributed by atoms with Crippen LogP contribution >= 0.6 is 0 Å². The topological polar surface area (TPSA) is 111 Å². The van der Waals surface area contributed by atoms with E-state index in [0.29, 0.717) is 12.2 Å². The summed E-state index contributed by atoms with van der Waals surface area (Å²) >= 11 is 0. The van der Waals surface area contributed by atoms with Gasteiger partial charge in [0.05, 0.1) is 6.04 Å². The molecule has 0 bridgehead atoms. The molecule has 0 aliphatic heterocycles. The number of aromatic amines is 1. The summed E-state index contributed by atoms with van der Waals surface area (Å²) in [4.78, 5) is 42.4. The highest BCUT2D eigenvalue weighted by atomic mass is 16.6. The molecule has 0 fully saturated rings. The average Bonchev–Trinajstić information content (AvgIpc) is 2.78. The van der Waals surface area contributed by atoms with E-state index in [2.05, 4.69) is 15.3 Å². The number of fused-ring (bicyclic) bond motifs is 1. The summed E-state index contributed by atoms with van der Waals surface area (Å²) in [7, 11) is 3.20. The summed E-state index contributed by atoms with van der Waals surface area (Å²) in [6.07, 6.45) is -0.0216. The number of hydrogen-bond acceptors (Lipinski definition) is 5. The average molecular weight is 337 g/mol. The molecule has 1 unspecified atom stereocenters. The molecule has 0 saturated heterocycles. The maximum absolute atomic E-state index is 12.1. The number of carbonyl (C=O) groups is 1. The number of H-pyrrole nitrogens is 1. The molecule has 0 radical (unpaired) electrons. The van der Waals surface area contributed by atoms with Crippen LogP contribution in [0.4, 0.5) is 4.79 Å². The molecule has 0 aliphatic carbocycles. The van der Waals surface area contributed by atoms with Crippen molar-refractivity contribution in [3.05, 3.63) is 26.7 Å². The highest BCUT2D eigenvalue weighted by molar-refractivity contribution is 5.72. The molecule has 1 amide bonds. The van der Waals surface area contributed by atoms with Crippen molar-refractivity contribution in [1.29, 1.82) is 0 Å². The Morgan fingerprint density at radius 1 is 1.29 bits per heavy atom. The first-order chi connectivity index (χ1) is 11.0. The summed E-state index contributed by atoms with van der Waals surface area (Å²) in [5.41, 5.74) is -1.12. The van der Waals surface area contributed by atoms with Gasteiger partial charge >= 0.3 is 11.8 Å². The third-order valence-corrected chi connectivity index (χ3v) is 3.58. The van der Waals surface area contributed by atoms with Crippen LogP contribution in [0.15, 0.2) is 9.59 Å². The smallest absolute Gasteiger partial charge is 0.408 e. The zero-order valence-electron chi connectivity index (χ0n) is 14.8. The first-order valence-electron chi connectivity index (χ1n) is 7.70. The molecule has 0 saturated carbocycles. The number of rotatable bonds is 3. The molecule has 132 valence electrons. The summed E-state index contributed by atoms with van der Waals surface area (Å²) < 4.78 is 8.11. The molecule has 2 heterocycles. The van der Waals surface area contributed by atoms with Gasteiger partial charge in [0, 0.05) is 14.1 Å². The van der Waals surface area contributed by atoms with Crippen molar-refractivity contribution in [3.63, 3.8) is 0 Å². The molecular weight excluding hydrogens is 314 g/mol. The van der Waals surface area contributed by atoms with Crippen LogP contribution in [0.3, 0.4) is 0 Å². The molecule has 2 N–H and O–H groups in total. The van der Waals surface area contributed by atoms with Crippen molar-refractivity contribution in [3.8, 4) is 0 Å². The minimum absolute atomic E-state index is 0.269. The molecule has 1 atom stereocenters. The normalized spacial score (nSPS) is 13.1. The molecule has 2 aromatic heterocycles. The van der Waals surface area contributed by atoms with Crippen LogP contribution < -0.4 is 16.6 Å². The quantitative estimate of drug-likeness (QED) is 0.866. The van der Waals surface area contributed by atoms with Crippen LogP contribution in [0.25, 0.3) is 11.2 Å². The van der Waals surface area contributed by atoms with E-state index in [9.17, 15) is 14.4 Å². The van der Waals surface area contributed by atoms with Crippen LogP contribution in [0.1, 0.15) is 46.0 Å². The number of nitrogens with one attached hydrogen (secondary N) is 2. The molecule has 9 nitrogen and oxygen atoms in total. The van der Waals surface area contributed by atoms with Crippen molar-refractivity contribution in [2.45, 2.75) is 45.8 Å². The summed E-state index contributed by atoms with van der Waals surface area (Å²) in [5, 5.41) is 2.75. The van der Waals surface area contributed by atoms with E-state index >= 15 is 0 Å². The van der Waals surface area contributed by atoms with Gasteiger partial charge in [0.25, 0.3) is 5.56 Å². The Morgan fingerprint density at radius 3 is 2.46 bits per heavy atom. The van der Waals surface area contributed by atoms with Crippen LogP contribution in [0.2, 0.25) is 0 Å². The Hall–Kier alpha value is -2.58. The number of ether oxygens (including phenoxy) is 1. The van der Waals surface area contributed by atoms with Gasteiger partial charge in [-0.1, -0.05) is 6.92 Å². The van der Waals surface area contributed by atoms with Gasteiger partial charge in [-0.25, -0.2) is 14.6 Å². The lowest BCUT2D eigenvalue weighted by Gasteiger charge is -2.22. The predicted octanol–water partition coefficient (Wildman–Crippen LogP) is 0.936. The van der Waals surface area contributed by atoms with Crippen molar-refractivity contribution in [2.75, 3.05) is 0 Å². The minimum atomic E-state index is -0.615. The lowest BCUT2D eigenvalue weighted by atomic mass is 10.2. The summed E-state index contributed by atoms with van der Waals surface area (Å²) in [5.74, 6) is 0.477. The van der Waals surface area contributed by atoms with Gasteiger partial charge < -0.3 is 14.6 Å². The maximum atomic E-state index is 12.1. The largest absolute Gasteiger partial charge is 0.444 e. The van der Waals surface area contributed by atoms with E-state index in [0.717, 1.165) is 0 Å². The van der Waals surface area contributed by atoms with E-state index in [4.69, 9.17) is 4.74 Å². The van der Waals surface area contributed by atoms with Crippen molar-refractivity contribution < 1.29 is 9.53 Å². The molecule has 0 aromatic carbocycles. The monoisotopic (exact) mass is 337 g/mol. The molecular formula is C15H23N5O4. The van der Waals surface area contributed by atoms with Crippen molar-refractivity contribution in [2.24, 2.45) is 14.1 Å². The van der Waals surface area contributed by atoms with Crippen LogP contribution in [0.5, 0.6) is 0 Å². The van der Waals surface area contributed by atoms with E-state index in [1.165, 1.54) is 11.6 Å². The number of aryl methyl sites for hydroxylation is 2. The molecule has 2 rings (SSSR count). The van der Waals surface area contributed by atoms with Crippen molar-refractivity contribution in [1.82, 2.24) is 24.4 Å². The fourth-order valence-electron chi connectivity index (χ4n) is 2.44. The van der Waals surface area contributed by atoms with Crippen LogP contribution in [-0.4, -0.2) is 30.8 Å². The fourth-order valence-corrected chi connectivity index (χ4v) is 2.44. The Kier molecular flexibility index (Phi) is 4.54. The summed E-state index contributed by atoms with van der Waals surface area (Å²) in [6, 6.07) is -0.452. The number of nitrogens with zero attached hydrogens (tertiary/aromatic N) is 3. The van der Waals surface area contributed by atoms with E-state index < -0.39 is 29.0 Å². The van der Waals surface area contributed by atoms with Gasteiger partial charge in [-0.15, -0.1) is 0 Å². The maximum Gasteiger partial charge on any atom is 0.408 e. The van der Waals surface area contributed by atoms with Gasteiger partial charge in [0.1, 0.15) is 11.4 Å². The van der Waals surface area contributed by atoms with E-state index in [1.807, 2.05) is 6.92 Å². The number of hydrogen-bond donors (Lipinski definition) is 2. The van der Waals surface area contributed by atoms with Gasteiger partial charge in [-0.2, -0.15) is 0 Å². The highest BCUT2D eigenvalue weighted by Gasteiger charge is 2.24. The fraction of sp³-hybridized carbons (Fsp3) is 0.600. The molecule has 9 heteroatoms. The number of alkyl carbamates (subject to hydrolysis) is 1. The third-order valence-electron chi connectivity index (χ3n) is 3.58. The highest BCUT2D eigenvalue weighted by Crippen LogP contribution is 2.19. The lowest BCUT2D eigenvalue weighted by molar-refractivity contribution is 0.0499. The first kappa shape index (κ1) is 17.8. The number of aromatic nitrogens is 4. The predicted molar refractivity (Wildman–Crippen MR) is 89.0 cm³/mol. The first-order valence-corrected chi connectivity index (χ1v) is 7.70. The van der Waals surface area contributed by atoms with Gasteiger partial charge in [-0.3, -0.25) is 14.3 Å². The van der Waals surface area contributed by atoms with E-state index in [1.54, 1.807) is 32.4 Å². The van der Waals surface area contributed by atoms with Gasteiger partial charge in [0.15, 0.2) is 11.2 Å². The minimum Gasteiger partial charge on any atom is -0.444 e. The number of imidazole rings is 1. The Balaban J connectivity index is 2.47. The zero-order valence-corrected chi connectivity index (χ0v) is 14.8. The van der Waals surface area contributed by atoms with Crippen molar-refractivity contribution >= 4 is 17.3 Å². The second-order valence-electron chi connectivity index (χ2n) is 6.63. The zero-order chi connectivity index (χ0) is 18.2. The van der Waals surface area contributed by atoms with E-state index in [-0.39, 0.29) is 11.2 Å². The van der Waals surface area contributed by atoms with Crippen LogP contribution in [0, 0.1) is 0 Å². The number of carbonyl (C=O) groups excluding carboxylic acids is 1. The third kappa shape index (κ3) is 3.34. The van der Waals surface area contributed by atoms with Crippen LogP contribution in [-0.2, 0) is 18.8 Å². The molecule has 0 aliphatic rings. The Labute approximate surface area is 138 Å². The number of amides is 1. The Morgan fingerprint density at radius 2 is 1.92 bits per heavy atom. The van der Waals surface area contributed by atoms with Gasteiger partial charge in [-0.05, 0) is 27.2 Å². The SMILES string of the molecule is CCC(NC(=O)OC(C)(C)C)c1nc2c(c(=O)[nH]c(=O)n2C)n1C. The second kappa shape index (κ2) is 6.14. The molecule has 2 aromatic rings. The second-order valence-corrected chi connectivity index (χ2v) is 6.63. The Bertz CT molecular complexity index is 884. The molecule has 24 heavy (non-hydrogen) atoms. The molecule has 0 spiro atoms.